The third-order valence-corrected chi connectivity index (χ3v) is 6.67. The number of carbonyl (C=O) groups is 2. The number of rotatable bonds is 1. The van der Waals surface area contributed by atoms with E-state index in [1.54, 1.807) is 5.57 Å². The molecule has 2 N–H and O–H groups in total. The van der Waals surface area contributed by atoms with Crippen molar-refractivity contribution in [2.75, 3.05) is 7.05 Å². The highest BCUT2D eigenvalue weighted by molar-refractivity contribution is 7.38. The lowest BCUT2D eigenvalue weighted by Crippen LogP contribution is -2.34. The number of thiophene rings is 2. The number of nitrogens with zero attached hydrogens (tertiary/aromatic N) is 1. The molecule has 0 radical (unpaired) electrons. The Labute approximate surface area is 141 Å². The van der Waals surface area contributed by atoms with Crippen molar-refractivity contribution in [2.24, 2.45) is 0 Å². The van der Waals surface area contributed by atoms with Gasteiger partial charge in [0.15, 0.2) is 0 Å². The van der Waals surface area contributed by atoms with Gasteiger partial charge in [0.25, 0.3) is 0 Å². The maximum atomic E-state index is 9.10. The molecule has 2 aromatic rings. The van der Waals surface area contributed by atoms with Crippen LogP contribution in [-0.2, 0) is 9.59 Å². The second-order valence-corrected chi connectivity index (χ2v) is 7.97. The molecule has 2 aromatic heterocycles. The number of carboxylic acid groups (broad SMARTS) is 2. The van der Waals surface area contributed by atoms with E-state index in [4.69, 9.17) is 19.8 Å². The Balaban J connectivity index is 0.000000227. The minimum Gasteiger partial charge on any atom is -0.473 e. The van der Waals surface area contributed by atoms with Crippen LogP contribution in [0.3, 0.4) is 0 Å². The molecule has 2 unspecified atom stereocenters. The van der Waals surface area contributed by atoms with Crippen molar-refractivity contribution in [1.29, 1.82) is 0 Å². The van der Waals surface area contributed by atoms with E-state index in [2.05, 4.69) is 35.5 Å². The number of fused-ring (bicyclic) bond motifs is 3. The summed E-state index contributed by atoms with van der Waals surface area (Å²) in [7, 11) is 2.28. The Morgan fingerprint density at radius 3 is 2.61 bits per heavy atom. The van der Waals surface area contributed by atoms with E-state index in [-0.39, 0.29) is 0 Å². The van der Waals surface area contributed by atoms with Crippen LogP contribution in [0.25, 0.3) is 15.0 Å². The summed E-state index contributed by atoms with van der Waals surface area (Å²) in [5.74, 6) is -3.65. The summed E-state index contributed by atoms with van der Waals surface area (Å²) < 4.78 is 1.48. The summed E-state index contributed by atoms with van der Waals surface area (Å²) in [4.78, 5) is 22.3. The first-order chi connectivity index (χ1) is 11.0. The maximum Gasteiger partial charge on any atom is 0.414 e. The molecule has 0 saturated carbocycles. The van der Waals surface area contributed by atoms with Gasteiger partial charge in [-0.1, -0.05) is 6.08 Å². The molecule has 2 bridgehead atoms. The molecule has 0 spiro atoms. The normalized spacial score (nSPS) is 23.3. The second kappa shape index (κ2) is 6.43. The summed E-state index contributed by atoms with van der Waals surface area (Å²) >= 11 is 3.85. The number of aliphatic carboxylic acids is 2. The van der Waals surface area contributed by atoms with Gasteiger partial charge in [0.05, 0.1) is 4.01 Å². The molecule has 122 valence electrons. The predicted octanol–water partition coefficient (Wildman–Crippen LogP) is 3.37. The fraction of sp³-hybridized carbons (Fsp3) is 0.375. The van der Waals surface area contributed by atoms with Crippen LogP contribution < -0.4 is 0 Å². The fourth-order valence-electron chi connectivity index (χ4n) is 3.15. The average molecular weight is 351 g/mol. The molecule has 1 fully saturated rings. The molecule has 0 amide bonds. The lowest BCUT2D eigenvalue weighted by Gasteiger charge is -2.29. The van der Waals surface area contributed by atoms with Gasteiger partial charge >= 0.3 is 11.9 Å². The van der Waals surface area contributed by atoms with Gasteiger partial charge in [-0.15, -0.1) is 22.7 Å². The third-order valence-electron chi connectivity index (χ3n) is 4.39. The van der Waals surface area contributed by atoms with E-state index in [0.29, 0.717) is 6.04 Å². The Morgan fingerprint density at radius 1 is 1.26 bits per heavy atom. The van der Waals surface area contributed by atoms with E-state index >= 15 is 0 Å². The monoisotopic (exact) mass is 351 g/mol. The van der Waals surface area contributed by atoms with Gasteiger partial charge in [-0.2, -0.15) is 0 Å². The lowest BCUT2D eigenvalue weighted by atomic mass is 10.0. The van der Waals surface area contributed by atoms with Crippen molar-refractivity contribution in [3.05, 3.63) is 28.5 Å². The first-order valence-electron chi connectivity index (χ1n) is 7.32. The Kier molecular flexibility index (Phi) is 4.52. The SMILES string of the molecule is CN1C2C=C(c3cc4ccsc4s3)CC1CC2.O=C(O)C(=O)O. The minimum absolute atomic E-state index is 0.698. The first-order valence-corrected chi connectivity index (χ1v) is 9.01. The Morgan fingerprint density at radius 2 is 2.00 bits per heavy atom. The van der Waals surface area contributed by atoms with Gasteiger partial charge in [0, 0.05) is 22.3 Å². The van der Waals surface area contributed by atoms with Crippen LogP contribution in [0.15, 0.2) is 23.6 Å². The zero-order valence-electron chi connectivity index (χ0n) is 12.6. The van der Waals surface area contributed by atoms with E-state index in [1.807, 2.05) is 22.7 Å². The summed E-state index contributed by atoms with van der Waals surface area (Å²) in [5.41, 5.74) is 1.60. The van der Waals surface area contributed by atoms with Crippen molar-refractivity contribution >= 4 is 49.6 Å². The average Bonchev–Trinajstić information content (AvgIpc) is 3.12. The van der Waals surface area contributed by atoms with Crippen molar-refractivity contribution in [3.63, 3.8) is 0 Å². The zero-order valence-corrected chi connectivity index (χ0v) is 14.2. The van der Waals surface area contributed by atoms with Crippen LogP contribution in [0.2, 0.25) is 0 Å². The number of likely N-dealkylation sites (N-methyl/N-ethyl adjacent to an activating group) is 1. The predicted molar refractivity (Wildman–Crippen MR) is 92.1 cm³/mol. The van der Waals surface area contributed by atoms with Gasteiger partial charge in [-0.3, -0.25) is 4.90 Å². The number of hydrogen-bond donors (Lipinski definition) is 2. The molecule has 2 atom stereocenters. The quantitative estimate of drug-likeness (QED) is 0.770. The van der Waals surface area contributed by atoms with Crippen molar-refractivity contribution in [3.8, 4) is 0 Å². The highest BCUT2D eigenvalue weighted by Crippen LogP contribution is 2.41. The molecule has 2 aliphatic heterocycles. The summed E-state index contributed by atoms with van der Waals surface area (Å²) in [5, 5.41) is 18.4. The standard InChI is InChI=1S/C14H15NS2.C2H2O4/c1-15-11-2-3-12(15)7-10(6-11)13-8-9-4-5-16-14(9)17-13;3-1(4)2(5)6/h4-6,8,11-12H,2-3,7H2,1H3;(H,3,4)(H,5,6). The summed E-state index contributed by atoms with van der Waals surface area (Å²) in [6.07, 6.45) is 6.49. The first kappa shape index (κ1) is 16.2. The second-order valence-electron chi connectivity index (χ2n) is 5.74. The van der Waals surface area contributed by atoms with Gasteiger partial charge in [-0.25, -0.2) is 9.59 Å². The molecule has 0 aliphatic carbocycles. The summed E-state index contributed by atoms with van der Waals surface area (Å²) in [6, 6.07) is 6.11. The molecular formula is C16H17NO4S2. The fourth-order valence-corrected chi connectivity index (χ4v) is 5.29. The molecule has 5 nitrogen and oxygen atoms in total. The number of carboxylic acids is 2. The summed E-state index contributed by atoms with van der Waals surface area (Å²) in [6.45, 7) is 0. The van der Waals surface area contributed by atoms with Crippen molar-refractivity contribution < 1.29 is 19.8 Å². The lowest BCUT2D eigenvalue weighted by molar-refractivity contribution is -0.159. The molecule has 2 aliphatic rings. The van der Waals surface area contributed by atoms with E-state index in [0.717, 1.165) is 6.04 Å². The van der Waals surface area contributed by atoms with Crippen LogP contribution in [0.1, 0.15) is 24.1 Å². The van der Waals surface area contributed by atoms with Gasteiger partial charge in [0.1, 0.15) is 0 Å². The van der Waals surface area contributed by atoms with Gasteiger partial charge in [-0.05, 0) is 49.4 Å². The van der Waals surface area contributed by atoms with E-state index < -0.39 is 11.9 Å². The Hall–Kier alpha value is -1.70. The molecular weight excluding hydrogens is 334 g/mol. The third kappa shape index (κ3) is 3.31. The maximum absolute atomic E-state index is 9.10. The van der Waals surface area contributed by atoms with Crippen LogP contribution in [0, 0.1) is 0 Å². The van der Waals surface area contributed by atoms with E-state index in [9.17, 15) is 0 Å². The molecule has 4 heterocycles. The van der Waals surface area contributed by atoms with Crippen LogP contribution in [-0.4, -0.2) is 46.2 Å². The van der Waals surface area contributed by atoms with Crippen molar-refractivity contribution in [2.45, 2.75) is 31.3 Å². The number of hydrogen-bond acceptors (Lipinski definition) is 5. The molecule has 0 aromatic carbocycles. The van der Waals surface area contributed by atoms with Crippen LogP contribution >= 0.6 is 22.7 Å². The zero-order chi connectivity index (χ0) is 16.6. The topological polar surface area (TPSA) is 77.8 Å². The highest BCUT2D eigenvalue weighted by Gasteiger charge is 2.34. The van der Waals surface area contributed by atoms with Gasteiger partial charge < -0.3 is 10.2 Å². The van der Waals surface area contributed by atoms with Crippen molar-refractivity contribution in [1.82, 2.24) is 4.90 Å². The van der Waals surface area contributed by atoms with Crippen LogP contribution in [0.4, 0.5) is 0 Å². The molecule has 7 heteroatoms. The molecule has 1 saturated heterocycles. The van der Waals surface area contributed by atoms with Gasteiger partial charge in [0.2, 0.25) is 0 Å². The van der Waals surface area contributed by atoms with Crippen LogP contribution in [0.5, 0.6) is 0 Å². The largest absolute Gasteiger partial charge is 0.473 e. The Bertz CT molecular complexity index is 735. The highest BCUT2D eigenvalue weighted by atomic mass is 32.2. The minimum atomic E-state index is -1.82. The van der Waals surface area contributed by atoms with E-state index in [1.165, 1.54) is 33.5 Å². The molecule has 4 rings (SSSR count). The molecule has 23 heavy (non-hydrogen) atoms. The smallest absolute Gasteiger partial charge is 0.414 e.